The lowest BCUT2D eigenvalue weighted by molar-refractivity contribution is -0.184. The van der Waals surface area contributed by atoms with Gasteiger partial charge in [0.15, 0.2) is 0 Å². The number of alkyl halides is 3. The number of anilines is 1. The maximum atomic E-state index is 12.8. The van der Waals surface area contributed by atoms with Crippen LogP contribution in [0.2, 0.25) is 0 Å². The first-order valence-corrected chi connectivity index (χ1v) is 9.84. The Bertz CT molecular complexity index is 676. The standard InChI is InChI=1S/C19H28F3N5O/c1-26(12-17-24-8-6-16(23)25-17)15-7-9-27(11-15)18(28)10-13-2-4-14(5-3-13)19(20,21)22/h6,8,13-15H,2-5,7,9-12H2,1H3,(H2,23,24,25)/t13?,14?,15-/m0/s1. The van der Waals surface area contributed by atoms with Crippen LogP contribution in [0.25, 0.3) is 0 Å². The average molecular weight is 399 g/mol. The normalized spacial score (nSPS) is 26.0. The van der Waals surface area contributed by atoms with Crippen molar-refractivity contribution in [2.75, 3.05) is 25.9 Å². The summed E-state index contributed by atoms with van der Waals surface area (Å²) in [4.78, 5) is 25.0. The van der Waals surface area contributed by atoms with Gasteiger partial charge in [-0.15, -0.1) is 0 Å². The molecule has 0 spiro atoms. The number of carbonyl (C=O) groups excluding carboxylic acids is 1. The van der Waals surface area contributed by atoms with E-state index >= 15 is 0 Å². The van der Waals surface area contributed by atoms with Crippen LogP contribution in [-0.2, 0) is 11.3 Å². The number of carbonyl (C=O) groups is 1. The molecule has 1 aromatic rings. The number of hydrogen-bond donors (Lipinski definition) is 1. The molecule has 2 aliphatic rings. The van der Waals surface area contributed by atoms with E-state index in [0.29, 0.717) is 50.5 Å². The van der Waals surface area contributed by atoms with Gasteiger partial charge in [-0.25, -0.2) is 9.97 Å². The zero-order valence-electron chi connectivity index (χ0n) is 16.2. The minimum Gasteiger partial charge on any atom is -0.384 e. The number of halogens is 3. The van der Waals surface area contributed by atoms with Crippen molar-refractivity contribution >= 4 is 11.7 Å². The molecule has 6 nitrogen and oxygen atoms in total. The van der Waals surface area contributed by atoms with Crippen molar-refractivity contribution < 1.29 is 18.0 Å². The molecule has 1 saturated heterocycles. The van der Waals surface area contributed by atoms with Crippen LogP contribution in [0.15, 0.2) is 12.3 Å². The molecule has 156 valence electrons. The average Bonchev–Trinajstić information content (AvgIpc) is 3.12. The van der Waals surface area contributed by atoms with Gasteiger partial charge < -0.3 is 10.6 Å². The lowest BCUT2D eigenvalue weighted by Crippen LogP contribution is -2.37. The number of nitrogens with zero attached hydrogens (tertiary/aromatic N) is 4. The highest BCUT2D eigenvalue weighted by molar-refractivity contribution is 5.76. The summed E-state index contributed by atoms with van der Waals surface area (Å²) in [5, 5.41) is 0. The number of hydrogen-bond acceptors (Lipinski definition) is 5. The Morgan fingerprint density at radius 1 is 1.29 bits per heavy atom. The van der Waals surface area contributed by atoms with Crippen LogP contribution < -0.4 is 5.73 Å². The van der Waals surface area contributed by atoms with Gasteiger partial charge in [0.05, 0.1) is 12.5 Å². The summed E-state index contributed by atoms with van der Waals surface area (Å²) in [6, 6.07) is 1.86. The Morgan fingerprint density at radius 2 is 2.00 bits per heavy atom. The fourth-order valence-electron chi connectivity index (χ4n) is 4.24. The van der Waals surface area contributed by atoms with Crippen molar-refractivity contribution in [2.45, 2.75) is 57.3 Å². The van der Waals surface area contributed by atoms with Crippen molar-refractivity contribution in [3.05, 3.63) is 18.1 Å². The molecule has 2 N–H and O–H groups in total. The molecular weight excluding hydrogens is 371 g/mol. The minimum atomic E-state index is -4.10. The van der Waals surface area contributed by atoms with Gasteiger partial charge in [-0.3, -0.25) is 9.69 Å². The van der Waals surface area contributed by atoms with Crippen LogP contribution in [0, 0.1) is 11.8 Å². The van der Waals surface area contributed by atoms with Crippen molar-refractivity contribution in [1.29, 1.82) is 0 Å². The Kier molecular flexibility index (Phi) is 6.42. The first kappa shape index (κ1) is 20.8. The fraction of sp³-hybridized carbons (Fsp3) is 0.737. The highest BCUT2D eigenvalue weighted by Gasteiger charge is 2.42. The molecule has 1 aliphatic carbocycles. The van der Waals surface area contributed by atoms with E-state index in [4.69, 9.17) is 5.73 Å². The summed E-state index contributed by atoms with van der Waals surface area (Å²) >= 11 is 0. The van der Waals surface area contributed by atoms with Gasteiger partial charge >= 0.3 is 6.18 Å². The largest absolute Gasteiger partial charge is 0.391 e. The highest BCUT2D eigenvalue weighted by Crippen LogP contribution is 2.40. The molecule has 2 heterocycles. The quantitative estimate of drug-likeness (QED) is 0.824. The minimum absolute atomic E-state index is 0.0616. The second-order valence-corrected chi connectivity index (χ2v) is 8.06. The van der Waals surface area contributed by atoms with Crippen molar-refractivity contribution in [2.24, 2.45) is 11.8 Å². The number of rotatable bonds is 5. The lowest BCUT2D eigenvalue weighted by atomic mass is 9.80. The molecule has 3 rings (SSSR count). The Morgan fingerprint density at radius 3 is 2.64 bits per heavy atom. The van der Waals surface area contributed by atoms with Crippen LogP contribution in [-0.4, -0.2) is 58.0 Å². The van der Waals surface area contributed by atoms with E-state index in [-0.39, 0.29) is 30.7 Å². The molecule has 1 saturated carbocycles. The Balaban J connectivity index is 1.44. The Labute approximate surface area is 163 Å². The summed E-state index contributed by atoms with van der Waals surface area (Å²) in [5.41, 5.74) is 5.69. The number of nitrogens with two attached hydrogens (primary N) is 1. The van der Waals surface area contributed by atoms with E-state index in [2.05, 4.69) is 14.9 Å². The Hall–Kier alpha value is -1.90. The first-order valence-electron chi connectivity index (χ1n) is 9.84. The monoisotopic (exact) mass is 399 g/mol. The first-order chi connectivity index (χ1) is 13.2. The van der Waals surface area contributed by atoms with Gasteiger partial charge in [0.2, 0.25) is 5.91 Å². The van der Waals surface area contributed by atoms with E-state index < -0.39 is 12.1 Å². The van der Waals surface area contributed by atoms with E-state index in [1.807, 2.05) is 11.9 Å². The van der Waals surface area contributed by atoms with Gasteiger partial charge in [0.25, 0.3) is 0 Å². The summed E-state index contributed by atoms with van der Waals surface area (Å²) in [6.07, 6.45) is 0.0167. The molecule has 0 bridgehead atoms. The van der Waals surface area contributed by atoms with E-state index in [0.717, 1.165) is 6.42 Å². The molecule has 28 heavy (non-hydrogen) atoms. The molecule has 0 unspecified atom stereocenters. The smallest absolute Gasteiger partial charge is 0.384 e. The predicted molar refractivity (Wildman–Crippen MR) is 99.0 cm³/mol. The van der Waals surface area contributed by atoms with Crippen LogP contribution in [0.4, 0.5) is 19.0 Å². The number of likely N-dealkylation sites (tertiary alicyclic amines) is 1. The maximum Gasteiger partial charge on any atom is 0.391 e. The second kappa shape index (κ2) is 8.63. The third-order valence-electron chi connectivity index (χ3n) is 6.03. The molecule has 2 fully saturated rings. The highest BCUT2D eigenvalue weighted by atomic mass is 19.4. The molecule has 9 heteroatoms. The number of nitrogen functional groups attached to an aromatic ring is 1. The molecule has 1 atom stereocenters. The summed E-state index contributed by atoms with van der Waals surface area (Å²) in [5.74, 6) is 0.0172. The van der Waals surface area contributed by atoms with Gasteiger partial charge in [0, 0.05) is 31.7 Å². The molecule has 0 aromatic carbocycles. The lowest BCUT2D eigenvalue weighted by Gasteiger charge is -2.30. The van der Waals surface area contributed by atoms with Crippen molar-refractivity contribution in [3.8, 4) is 0 Å². The van der Waals surface area contributed by atoms with Gasteiger partial charge in [-0.05, 0) is 51.1 Å². The zero-order valence-corrected chi connectivity index (χ0v) is 16.2. The van der Waals surface area contributed by atoms with E-state index in [1.165, 1.54) is 0 Å². The van der Waals surface area contributed by atoms with Gasteiger partial charge in [0.1, 0.15) is 11.6 Å². The van der Waals surface area contributed by atoms with E-state index in [9.17, 15) is 18.0 Å². The van der Waals surface area contributed by atoms with Crippen LogP contribution in [0.1, 0.15) is 44.3 Å². The summed E-state index contributed by atoms with van der Waals surface area (Å²) in [6.45, 7) is 1.87. The molecule has 0 radical (unpaired) electrons. The SMILES string of the molecule is CN(Cc1nccc(N)n1)[C@H]1CCN(C(=O)CC2CCC(C(F)(F)F)CC2)C1. The van der Waals surface area contributed by atoms with Gasteiger partial charge in [-0.2, -0.15) is 13.2 Å². The predicted octanol–water partition coefficient (Wildman–Crippen LogP) is 2.85. The van der Waals surface area contributed by atoms with Crippen LogP contribution in [0.5, 0.6) is 0 Å². The topological polar surface area (TPSA) is 75.4 Å². The third kappa shape index (κ3) is 5.33. The van der Waals surface area contributed by atoms with Crippen molar-refractivity contribution in [1.82, 2.24) is 19.8 Å². The van der Waals surface area contributed by atoms with Crippen molar-refractivity contribution in [3.63, 3.8) is 0 Å². The zero-order chi connectivity index (χ0) is 20.3. The number of amides is 1. The molecule has 1 aliphatic heterocycles. The molecular formula is C19H28F3N5O. The summed E-state index contributed by atoms with van der Waals surface area (Å²) in [7, 11) is 1.98. The maximum absolute atomic E-state index is 12.8. The fourth-order valence-corrected chi connectivity index (χ4v) is 4.24. The van der Waals surface area contributed by atoms with Gasteiger partial charge in [-0.1, -0.05) is 0 Å². The third-order valence-corrected chi connectivity index (χ3v) is 6.03. The molecule has 1 aromatic heterocycles. The van der Waals surface area contributed by atoms with Crippen LogP contribution in [0.3, 0.4) is 0 Å². The van der Waals surface area contributed by atoms with Crippen LogP contribution >= 0.6 is 0 Å². The number of likely N-dealkylation sites (N-methyl/N-ethyl adjacent to an activating group) is 1. The molecule has 1 amide bonds. The second-order valence-electron chi connectivity index (χ2n) is 8.06. The summed E-state index contributed by atoms with van der Waals surface area (Å²) < 4.78 is 38.3. The number of aromatic nitrogens is 2. The van der Waals surface area contributed by atoms with E-state index in [1.54, 1.807) is 12.3 Å².